The topological polar surface area (TPSA) is 98.7 Å². The monoisotopic (exact) mass is 264 g/mol. The maximum atomic E-state index is 11.5. The lowest BCUT2D eigenvalue weighted by Gasteiger charge is -2.15. The Labute approximate surface area is 110 Å². The SMILES string of the molecule is O=C(NC1CC1)N[C@@H](Cc1ccc(O)cc1)C(=O)O. The maximum absolute atomic E-state index is 11.5. The fraction of sp³-hybridized carbons (Fsp3) is 0.385. The molecule has 0 spiro atoms. The highest BCUT2D eigenvalue weighted by molar-refractivity contribution is 5.83. The molecule has 6 nitrogen and oxygen atoms in total. The summed E-state index contributed by atoms with van der Waals surface area (Å²) in [6.07, 6.45) is 2.07. The number of phenolic OH excluding ortho intramolecular Hbond substituents is 1. The van der Waals surface area contributed by atoms with Crippen molar-refractivity contribution < 1.29 is 19.8 Å². The van der Waals surface area contributed by atoms with Gasteiger partial charge in [-0.3, -0.25) is 0 Å². The van der Waals surface area contributed by atoms with Gasteiger partial charge in [-0.05, 0) is 30.5 Å². The molecule has 0 aromatic heterocycles. The van der Waals surface area contributed by atoms with Crippen molar-refractivity contribution in [1.82, 2.24) is 10.6 Å². The maximum Gasteiger partial charge on any atom is 0.326 e. The van der Waals surface area contributed by atoms with Crippen LogP contribution in [-0.4, -0.2) is 34.3 Å². The van der Waals surface area contributed by atoms with E-state index < -0.39 is 18.0 Å². The molecule has 1 aliphatic carbocycles. The highest BCUT2D eigenvalue weighted by atomic mass is 16.4. The van der Waals surface area contributed by atoms with Crippen molar-refractivity contribution in [1.29, 1.82) is 0 Å². The fourth-order valence-electron chi connectivity index (χ4n) is 1.68. The number of amides is 2. The van der Waals surface area contributed by atoms with Gasteiger partial charge in [0.1, 0.15) is 11.8 Å². The Morgan fingerprint density at radius 1 is 1.26 bits per heavy atom. The van der Waals surface area contributed by atoms with Crippen LogP contribution in [0.3, 0.4) is 0 Å². The van der Waals surface area contributed by atoms with Gasteiger partial charge in [0.2, 0.25) is 0 Å². The van der Waals surface area contributed by atoms with Crippen molar-refractivity contribution in [2.45, 2.75) is 31.3 Å². The van der Waals surface area contributed by atoms with Crippen LogP contribution in [0.15, 0.2) is 24.3 Å². The minimum Gasteiger partial charge on any atom is -0.508 e. The second kappa shape index (κ2) is 5.60. The van der Waals surface area contributed by atoms with Crippen LogP contribution in [0, 0.1) is 0 Å². The lowest BCUT2D eigenvalue weighted by molar-refractivity contribution is -0.139. The van der Waals surface area contributed by atoms with E-state index in [0.717, 1.165) is 18.4 Å². The van der Waals surface area contributed by atoms with Crippen molar-refractivity contribution in [3.8, 4) is 5.75 Å². The lowest BCUT2D eigenvalue weighted by atomic mass is 10.1. The van der Waals surface area contributed by atoms with E-state index in [-0.39, 0.29) is 18.2 Å². The smallest absolute Gasteiger partial charge is 0.326 e. The molecular formula is C13H16N2O4. The van der Waals surface area contributed by atoms with Gasteiger partial charge >= 0.3 is 12.0 Å². The second-order valence-corrected chi connectivity index (χ2v) is 4.65. The molecule has 1 aromatic rings. The molecule has 4 N–H and O–H groups in total. The zero-order valence-electron chi connectivity index (χ0n) is 10.3. The number of carbonyl (C=O) groups excluding carboxylic acids is 1. The molecule has 2 rings (SSSR count). The summed E-state index contributed by atoms with van der Waals surface area (Å²) in [5.74, 6) is -0.964. The van der Waals surface area contributed by atoms with Crippen LogP contribution < -0.4 is 10.6 Å². The third kappa shape index (κ3) is 4.17. The van der Waals surface area contributed by atoms with Gasteiger partial charge in [0.05, 0.1) is 0 Å². The molecule has 0 heterocycles. The second-order valence-electron chi connectivity index (χ2n) is 4.65. The number of benzene rings is 1. The molecule has 0 aliphatic heterocycles. The Morgan fingerprint density at radius 3 is 2.42 bits per heavy atom. The Balaban J connectivity index is 1.93. The Kier molecular flexibility index (Phi) is 3.89. The van der Waals surface area contributed by atoms with Crippen molar-refractivity contribution >= 4 is 12.0 Å². The number of hydrogen-bond donors (Lipinski definition) is 4. The summed E-state index contributed by atoms with van der Waals surface area (Å²) in [6, 6.07) is 4.98. The third-order valence-corrected chi connectivity index (χ3v) is 2.89. The quantitative estimate of drug-likeness (QED) is 0.633. The first-order valence-electron chi connectivity index (χ1n) is 6.12. The summed E-state index contributed by atoms with van der Waals surface area (Å²) < 4.78 is 0. The predicted octanol–water partition coefficient (Wildman–Crippen LogP) is 0.849. The third-order valence-electron chi connectivity index (χ3n) is 2.89. The Bertz CT molecular complexity index is 468. The molecule has 1 saturated carbocycles. The molecule has 19 heavy (non-hydrogen) atoms. The van der Waals surface area contributed by atoms with E-state index in [1.165, 1.54) is 12.1 Å². The Hall–Kier alpha value is -2.24. The number of aromatic hydroxyl groups is 1. The van der Waals surface area contributed by atoms with Gasteiger partial charge in [0.15, 0.2) is 0 Å². The minimum atomic E-state index is -1.08. The van der Waals surface area contributed by atoms with Crippen molar-refractivity contribution in [3.63, 3.8) is 0 Å². The highest BCUT2D eigenvalue weighted by Gasteiger charge is 2.26. The van der Waals surface area contributed by atoms with Gasteiger partial charge in [-0.1, -0.05) is 12.1 Å². The van der Waals surface area contributed by atoms with Gasteiger partial charge in [0.25, 0.3) is 0 Å². The van der Waals surface area contributed by atoms with E-state index in [9.17, 15) is 9.59 Å². The first kappa shape index (κ1) is 13.2. The van der Waals surface area contributed by atoms with E-state index in [1.807, 2.05) is 0 Å². The molecule has 0 saturated heterocycles. The zero-order chi connectivity index (χ0) is 13.8. The molecule has 6 heteroatoms. The number of hydrogen-bond acceptors (Lipinski definition) is 3. The zero-order valence-corrected chi connectivity index (χ0v) is 10.3. The standard InChI is InChI=1S/C13H16N2O4/c16-10-5-1-8(2-6-10)7-11(12(17)18)15-13(19)14-9-3-4-9/h1-2,5-6,9,11,16H,3-4,7H2,(H,17,18)(H2,14,15,19)/t11-/m0/s1. The van der Waals surface area contributed by atoms with Crippen LogP contribution in [-0.2, 0) is 11.2 Å². The van der Waals surface area contributed by atoms with Crippen LogP contribution in [0.1, 0.15) is 18.4 Å². The normalized spacial score (nSPS) is 15.6. The number of nitrogens with one attached hydrogen (secondary N) is 2. The molecule has 2 amide bonds. The van der Waals surface area contributed by atoms with E-state index in [4.69, 9.17) is 10.2 Å². The number of carboxylic acids is 1. The van der Waals surface area contributed by atoms with E-state index in [2.05, 4.69) is 10.6 Å². The van der Waals surface area contributed by atoms with Gasteiger partial charge in [-0.25, -0.2) is 9.59 Å². The molecule has 1 fully saturated rings. The molecule has 0 unspecified atom stereocenters. The lowest BCUT2D eigenvalue weighted by Crippen LogP contribution is -2.47. The van der Waals surface area contributed by atoms with Gasteiger partial charge in [-0.15, -0.1) is 0 Å². The largest absolute Gasteiger partial charge is 0.508 e. The number of carboxylic acid groups (broad SMARTS) is 1. The molecule has 1 aliphatic rings. The summed E-state index contributed by atoms with van der Waals surface area (Å²) in [5.41, 5.74) is 0.733. The van der Waals surface area contributed by atoms with E-state index in [1.54, 1.807) is 12.1 Å². The molecule has 102 valence electrons. The highest BCUT2D eigenvalue weighted by Crippen LogP contribution is 2.18. The molecule has 1 atom stereocenters. The van der Waals surface area contributed by atoms with Crippen LogP contribution in [0.4, 0.5) is 4.79 Å². The summed E-state index contributed by atoms with van der Waals surface area (Å²) >= 11 is 0. The van der Waals surface area contributed by atoms with Crippen LogP contribution in [0.5, 0.6) is 5.75 Å². The average molecular weight is 264 g/mol. The summed E-state index contributed by atoms with van der Waals surface area (Å²) in [4.78, 5) is 22.6. The number of urea groups is 1. The predicted molar refractivity (Wildman–Crippen MR) is 67.9 cm³/mol. The molecule has 0 radical (unpaired) electrons. The van der Waals surface area contributed by atoms with E-state index in [0.29, 0.717) is 0 Å². The van der Waals surface area contributed by atoms with Crippen LogP contribution >= 0.6 is 0 Å². The summed E-state index contributed by atoms with van der Waals surface area (Å²) in [6.45, 7) is 0. The van der Waals surface area contributed by atoms with Gasteiger partial charge < -0.3 is 20.8 Å². The fourth-order valence-corrected chi connectivity index (χ4v) is 1.68. The van der Waals surface area contributed by atoms with Crippen molar-refractivity contribution in [3.05, 3.63) is 29.8 Å². The minimum absolute atomic E-state index is 0.120. The Morgan fingerprint density at radius 2 is 1.89 bits per heavy atom. The molecule has 1 aromatic carbocycles. The first-order valence-corrected chi connectivity index (χ1v) is 6.12. The number of aliphatic carboxylic acids is 1. The first-order chi connectivity index (χ1) is 9.04. The van der Waals surface area contributed by atoms with Gasteiger partial charge in [0, 0.05) is 12.5 Å². The van der Waals surface area contributed by atoms with Crippen LogP contribution in [0.2, 0.25) is 0 Å². The summed E-state index contributed by atoms with van der Waals surface area (Å²) in [5, 5.41) is 23.4. The van der Waals surface area contributed by atoms with E-state index >= 15 is 0 Å². The van der Waals surface area contributed by atoms with Crippen molar-refractivity contribution in [2.24, 2.45) is 0 Å². The average Bonchev–Trinajstić information content (AvgIpc) is 3.14. The molecule has 0 bridgehead atoms. The van der Waals surface area contributed by atoms with Crippen molar-refractivity contribution in [2.75, 3.05) is 0 Å². The van der Waals surface area contributed by atoms with Crippen LogP contribution in [0.25, 0.3) is 0 Å². The summed E-state index contributed by atoms with van der Waals surface area (Å²) in [7, 11) is 0. The van der Waals surface area contributed by atoms with Gasteiger partial charge in [-0.2, -0.15) is 0 Å². The number of rotatable bonds is 5. The number of carbonyl (C=O) groups is 2. The molecular weight excluding hydrogens is 248 g/mol. The number of phenols is 1.